The Labute approximate surface area is 182 Å². The van der Waals surface area contributed by atoms with Gasteiger partial charge in [0.25, 0.3) is 17.7 Å². The number of imide groups is 1. The maximum atomic E-state index is 12.8. The molecule has 1 heterocycles. The minimum absolute atomic E-state index is 0.0295. The van der Waals surface area contributed by atoms with E-state index in [1.807, 2.05) is 12.1 Å². The lowest BCUT2D eigenvalue weighted by atomic mass is 9.94. The summed E-state index contributed by atoms with van der Waals surface area (Å²) < 4.78 is 0. The molecule has 0 unspecified atom stereocenters. The van der Waals surface area contributed by atoms with E-state index in [0.29, 0.717) is 12.1 Å². The molecule has 2 fully saturated rings. The molecule has 0 spiro atoms. The van der Waals surface area contributed by atoms with Crippen LogP contribution < -0.4 is 10.6 Å². The molecular formula is C23H28ClN3O3. The zero-order chi connectivity index (χ0) is 21.1. The van der Waals surface area contributed by atoms with Gasteiger partial charge < -0.3 is 10.6 Å². The highest BCUT2D eigenvalue weighted by Crippen LogP contribution is 2.30. The fourth-order valence-electron chi connectivity index (χ4n) is 4.65. The predicted molar refractivity (Wildman–Crippen MR) is 115 cm³/mol. The van der Waals surface area contributed by atoms with Crippen molar-refractivity contribution in [2.75, 3.05) is 0 Å². The smallest absolute Gasteiger partial charge is 0.278 e. The van der Waals surface area contributed by atoms with Crippen LogP contribution in [0.5, 0.6) is 0 Å². The zero-order valence-electron chi connectivity index (χ0n) is 17.1. The molecule has 160 valence electrons. The Kier molecular flexibility index (Phi) is 6.42. The van der Waals surface area contributed by atoms with Crippen LogP contribution in [0.4, 0.5) is 0 Å². The van der Waals surface area contributed by atoms with Gasteiger partial charge in [0.2, 0.25) is 0 Å². The maximum Gasteiger partial charge on any atom is 0.278 e. The van der Waals surface area contributed by atoms with Crippen LogP contribution in [0, 0.1) is 0 Å². The van der Waals surface area contributed by atoms with Crippen molar-refractivity contribution < 1.29 is 14.4 Å². The van der Waals surface area contributed by atoms with Crippen molar-refractivity contribution in [3.63, 3.8) is 0 Å². The standard InChI is InChI=1S/C23H28ClN3O3/c24-19-20(23(30)27(22(19)29)18-8-2-1-3-9-18)25-14-15-10-12-16(13-11-15)21(28)26-17-6-4-5-7-17/h10-13,17-18,25H,1-9,14H2,(H,26,28). The average Bonchev–Trinajstić information content (AvgIpc) is 3.34. The molecular weight excluding hydrogens is 402 g/mol. The lowest BCUT2D eigenvalue weighted by molar-refractivity contribution is -0.140. The SMILES string of the molecule is O=C(NC1CCCC1)c1ccc(CNC2=C(Cl)C(=O)N(C3CCCCC3)C2=O)cc1. The number of hydrogen-bond acceptors (Lipinski definition) is 4. The van der Waals surface area contributed by atoms with Gasteiger partial charge in [0.1, 0.15) is 10.7 Å². The van der Waals surface area contributed by atoms with Gasteiger partial charge in [0, 0.05) is 24.2 Å². The second kappa shape index (κ2) is 9.21. The van der Waals surface area contributed by atoms with Gasteiger partial charge in [0.15, 0.2) is 0 Å². The molecule has 1 aromatic rings. The fraction of sp³-hybridized carbons (Fsp3) is 0.522. The number of amides is 3. The van der Waals surface area contributed by atoms with Gasteiger partial charge in [-0.05, 0) is 43.4 Å². The molecule has 0 bridgehead atoms. The van der Waals surface area contributed by atoms with E-state index in [1.54, 1.807) is 12.1 Å². The first-order chi connectivity index (χ1) is 14.5. The molecule has 2 N–H and O–H groups in total. The number of carbonyl (C=O) groups excluding carboxylic acids is 3. The minimum Gasteiger partial charge on any atom is -0.375 e. The summed E-state index contributed by atoms with van der Waals surface area (Å²) in [6, 6.07) is 7.51. The Morgan fingerprint density at radius 2 is 1.57 bits per heavy atom. The third-order valence-electron chi connectivity index (χ3n) is 6.37. The summed E-state index contributed by atoms with van der Waals surface area (Å²) >= 11 is 6.20. The van der Waals surface area contributed by atoms with E-state index in [9.17, 15) is 14.4 Å². The van der Waals surface area contributed by atoms with Gasteiger partial charge in [-0.15, -0.1) is 0 Å². The molecule has 6 nitrogen and oxygen atoms in total. The van der Waals surface area contributed by atoms with E-state index in [-0.39, 0.29) is 34.6 Å². The van der Waals surface area contributed by atoms with Gasteiger partial charge >= 0.3 is 0 Å². The largest absolute Gasteiger partial charge is 0.375 e. The van der Waals surface area contributed by atoms with Crippen LogP contribution in [0.15, 0.2) is 35.0 Å². The van der Waals surface area contributed by atoms with Crippen molar-refractivity contribution in [1.29, 1.82) is 0 Å². The quantitative estimate of drug-likeness (QED) is 0.677. The van der Waals surface area contributed by atoms with E-state index >= 15 is 0 Å². The molecule has 4 rings (SSSR count). The summed E-state index contributed by atoms with van der Waals surface area (Å²) in [7, 11) is 0. The second-order valence-corrected chi connectivity index (χ2v) is 8.84. The molecule has 7 heteroatoms. The van der Waals surface area contributed by atoms with E-state index in [2.05, 4.69) is 10.6 Å². The summed E-state index contributed by atoms with van der Waals surface area (Å²) in [6.07, 6.45) is 9.35. The summed E-state index contributed by atoms with van der Waals surface area (Å²) in [6.45, 7) is 0.355. The monoisotopic (exact) mass is 429 g/mol. The summed E-state index contributed by atoms with van der Waals surface area (Å²) in [5, 5.41) is 6.09. The molecule has 0 atom stereocenters. The van der Waals surface area contributed by atoms with Gasteiger partial charge in [-0.2, -0.15) is 0 Å². The Hall–Kier alpha value is -2.34. The lowest BCUT2D eigenvalue weighted by Gasteiger charge is -2.29. The van der Waals surface area contributed by atoms with Crippen LogP contribution in [-0.2, 0) is 16.1 Å². The van der Waals surface area contributed by atoms with E-state index < -0.39 is 5.91 Å². The molecule has 1 aliphatic heterocycles. The highest BCUT2D eigenvalue weighted by molar-refractivity contribution is 6.47. The Morgan fingerprint density at radius 1 is 0.933 bits per heavy atom. The van der Waals surface area contributed by atoms with Crippen LogP contribution in [0.1, 0.15) is 73.7 Å². The summed E-state index contributed by atoms with van der Waals surface area (Å²) in [5.74, 6) is -0.772. The lowest BCUT2D eigenvalue weighted by Crippen LogP contribution is -2.43. The van der Waals surface area contributed by atoms with Crippen LogP contribution in [-0.4, -0.2) is 34.7 Å². The Balaban J connectivity index is 1.35. The highest BCUT2D eigenvalue weighted by atomic mass is 35.5. The van der Waals surface area contributed by atoms with Gasteiger partial charge in [-0.25, -0.2) is 0 Å². The molecule has 2 saturated carbocycles. The normalized spacial score (nSPS) is 20.9. The Bertz CT molecular complexity index is 853. The van der Waals surface area contributed by atoms with E-state index in [0.717, 1.165) is 50.5 Å². The number of nitrogens with one attached hydrogen (secondary N) is 2. The van der Waals surface area contributed by atoms with Crippen LogP contribution >= 0.6 is 11.6 Å². The predicted octanol–water partition coefficient (Wildman–Crippen LogP) is 3.60. The first-order valence-electron chi connectivity index (χ1n) is 11.0. The van der Waals surface area contributed by atoms with Gasteiger partial charge in [-0.1, -0.05) is 55.8 Å². The number of carbonyl (C=O) groups is 3. The van der Waals surface area contributed by atoms with Crippen LogP contribution in [0.3, 0.4) is 0 Å². The summed E-state index contributed by atoms with van der Waals surface area (Å²) in [4.78, 5) is 39.0. The highest BCUT2D eigenvalue weighted by Gasteiger charge is 2.41. The van der Waals surface area contributed by atoms with Crippen LogP contribution in [0.25, 0.3) is 0 Å². The van der Waals surface area contributed by atoms with Crippen molar-refractivity contribution >= 4 is 29.3 Å². The molecule has 0 saturated heterocycles. The summed E-state index contributed by atoms with van der Waals surface area (Å²) in [5.41, 5.74) is 1.70. The minimum atomic E-state index is -0.394. The number of halogens is 1. The number of rotatable bonds is 6. The number of hydrogen-bond donors (Lipinski definition) is 2. The van der Waals surface area contributed by atoms with Crippen LogP contribution in [0.2, 0.25) is 0 Å². The Morgan fingerprint density at radius 3 is 2.23 bits per heavy atom. The molecule has 3 amide bonds. The number of benzene rings is 1. The first-order valence-corrected chi connectivity index (χ1v) is 11.3. The van der Waals surface area contributed by atoms with E-state index in [4.69, 9.17) is 11.6 Å². The van der Waals surface area contributed by atoms with Crippen molar-refractivity contribution in [3.05, 3.63) is 46.1 Å². The fourth-order valence-corrected chi connectivity index (χ4v) is 4.89. The topological polar surface area (TPSA) is 78.5 Å². The van der Waals surface area contributed by atoms with Gasteiger partial charge in [0.05, 0.1) is 0 Å². The van der Waals surface area contributed by atoms with E-state index in [1.165, 1.54) is 17.7 Å². The number of nitrogens with zero attached hydrogens (tertiary/aromatic N) is 1. The molecule has 30 heavy (non-hydrogen) atoms. The average molecular weight is 430 g/mol. The van der Waals surface area contributed by atoms with Crippen molar-refractivity contribution in [1.82, 2.24) is 15.5 Å². The first kappa shape index (κ1) is 20.9. The molecule has 1 aromatic carbocycles. The molecule has 0 radical (unpaired) electrons. The third kappa shape index (κ3) is 4.38. The maximum absolute atomic E-state index is 12.8. The van der Waals surface area contributed by atoms with Crippen molar-refractivity contribution in [2.24, 2.45) is 0 Å². The molecule has 3 aliphatic rings. The van der Waals surface area contributed by atoms with Gasteiger partial charge in [-0.3, -0.25) is 19.3 Å². The second-order valence-electron chi connectivity index (χ2n) is 8.47. The van der Waals surface area contributed by atoms with Crippen molar-refractivity contribution in [3.8, 4) is 0 Å². The van der Waals surface area contributed by atoms with Crippen molar-refractivity contribution in [2.45, 2.75) is 76.4 Å². The zero-order valence-corrected chi connectivity index (χ0v) is 17.8. The molecule has 0 aromatic heterocycles. The molecule has 2 aliphatic carbocycles. The third-order valence-corrected chi connectivity index (χ3v) is 6.73.